The molecule has 2 aromatic rings. The Morgan fingerprint density at radius 2 is 2.11 bits per heavy atom. The number of amides is 1. The van der Waals surface area contributed by atoms with Crippen molar-refractivity contribution in [3.05, 3.63) is 47.0 Å². The molecule has 0 spiro atoms. The van der Waals surface area contributed by atoms with Crippen LogP contribution in [0.4, 0.5) is 4.39 Å². The van der Waals surface area contributed by atoms with Crippen molar-refractivity contribution in [2.45, 2.75) is 13.0 Å². The van der Waals surface area contributed by atoms with Gasteiger partial charge >= 0.3 is 0 Å². The van der Waals surface area contributed by atoms with Crippen LogP contribution in [0, 0.1) is 5.82 Å². The van der Waals surface area contributed by atoms with E-state index < -0.39 is 5.91 Å². The second-order valence-corrected chi connectivity index (χ2v) is 4.45. The average molecular weight is 260 g/mol. The fourth-order valence-electron chi connectivity index (χ4n) is 2.34. The third kappa shape index (κ3) is 2.00. The number of carbonyl (C=O) groups excluding carboxylic acids is 1. The van der Waals surface area contributed by atoms with E-state index in [-0.39, 0.29) is 11.5 Å². The van der Waals surface area contributed by atoms with Gasteiger partial charge in [0.15, 0.2) is 5.69 Å². The maximum atomic E-state index is 13.0. The first-order valence-electron chi connectivity index (χ1n) is 6.04. The van der Waals surface area contributed by atoms with Gasteiger partial charge in [0.25, 0.3) is 5.91 Å². The minimum atomic E-state index is -0.541. The Kier molecular flexibility index (Phi) is 2.79. The summed E-state index contributed by atoms with van der Waals surface area (Å²) in [6.45, 7) is 1.40. The number of hydrogen-bond donors (Lipinski definition) is 2. The number of benzene rings is 1. The zero-order valence-corrected chi connectivity index (χ0v) is 10.2. The smallest absolute Gasteiger partial charge is 0.269 e. The second kappa shape index (κ2) is 4.47. The molecule has 0 saturated carbocycles. The van der Waals surface area contributed by atoms with Gasteiger partial charge in [-0.05, 0) is 24.3 Å². The Bertz CT molecular complexity index is 633. The molecule has 98 valence electrons. The molecule has 0 unspecified atom stereocenters. The van der Waals surface area contributed by atoms with Gasteiger partial charge in [-0.3, -0.25) is 4.79 Å². The fourth-order valence-corrected chi connectivity index (χ4v) is 2.34. The summed E-state index contributed by atoms with van der Waals surface area (Å²) in [6.07, 6.45) is 0.757. The van der Waals surface area contributed by atoms with E-state index in [1.165, 1.54) is 12.1 Å². The van der Waals surface area contributed by atoms with Crippen molar-refractivity contribution in [3.63, 3.8) is 0 Å². The fraction of sp³-hybridized carbons (Fsp3) is 0.231. The molecule has 0 atom stereocenters. The van der Waals surface area contributed by atoms with Crippen molar-refractivity contribution in [1.29, 1.82) is 0 Å². The van der Waals surface area contributed by atoms with Crippen LogP contribution >= 0.6 is 0 Å². The highest BCUT2D eigenvalue weighted by Gasteiger charge is 2.23. The molecule has 0 saturated heterocycles. The van der Waals surface area contributed by atoms with E-state index >= 15 is 0 Å². The van der Waals surface area contributed by atoms with Crippen molar-refractivity contribution in [2.24, 2.45) is 5.73 Å². The zero-order chi connectivity index (χ0) is 13.4. The van der Waals surface area contributed by atoms with E-state index in [0.29, 0.717) is 6.54 Å². The zero-order valence-electron chi connectivity index (χ0n) is 10.2. The summed E-state index contributed by atoms with van der Waals surface area (Å²) in [5.74, 6) is -0.845. The summed E-state index contributed by atoms with van der Waals surface area (Å²) in [7, 11) is 0. The van der Waals surface area contributed by atoms with E-state index in [2.05, 4.69) is 10.4 Å². The lowest BCUT2D eigenvalue weighted by Crippen LogP contribution is -2.26. The standard InChI is InChI=1S/C13H13FN4O/c14-8-1-3-9(4-2-8)18-11-5-6-16-7-10(11)12(17-18)13(15)19/h1-4,16H,5-7H2,(H2,15,19). The Balaban J connectivity index is 2.16. The lowest BCUT2D eigenvalue weighted by Gasteiger charge is -2.15. The number of rotatable bonds is 2. The molecule has 0 fully saturated rings. The first-order chi connectivity index (χ1) is 9.16. The Hall–Kier alpha value is -2.21. The van der Waals surface area contributed by atoms with Gasteiger partial charge in [0.05, 0.1) is 11.4 Å². The van der Waals surface area contributed by atoms with Gasteiger partial charge in [-0.1, -0.05) is 0 Å². The molecule has 3 rings (SSSR count). The van der Waals surface area contributed by atoms with E-state index in [0.717, 1.165) is 29.9 Å². The van der Waals surface area contributed by atoms with Crippen molar-refractivity contribution in [2.75, 3.05) is 6.54 Å². The first kappa shape index (κ1) is 11.9. The van der Waals surface area contributed by atoms with Gasteiger partial charge in [0.2, 0.25) is 0 Å². The van der Waals surface area contributed by atoms with Crippen molar-refractivity contribution >= 4 is 5.91 Å². The van der Waals surface area contributed by atoms with Crippen LogP contribution in [0.5, 0.6) is 0 Å². The molecule has 5 nitrogen and oxygen atoms in total. The maximum absolute atomic E-state index is 13.0. The molecule has 19 heavy (non-hydrogen) atoms. The quantitative estimate of drug-likeness (QED) is 0.837. The van der Waals surface area contributed by atoms with E-state index in [1.54, 1.807) is 16.8 Å². The summed E-state index contributed by atoms with van der Waals surface area (Å²) in [5, 5.41) is 7.46. The third-order valence-corrected chi connectivity index (χ3v) is 3.23. The third-order valence-electron chi connectivity index (χ3n) is 3.23. The molecule has 1 aromatic carbocycles. The summed E-state index contributed by atoms with van der Waals surface area (Å²) in [6, 6.07) is 6.01. The second-order valence-electron chi connectivity index (χ2n) is 4.45. The van der Waals surface area contributed by atoms with Gasteiger partial charge < -0.3 is 11.1 Å². The Morgan fingerprint density at radius 3 is 2.79 bits per heavy atom. The number of carbonyl (C=O) groups is 1. The lowest BCUT2D eigenvalue weighted by atomic mass is 10.1. The van der Waals surface area contributed by atoms with Crippen molar-refractivity contribution in [3.8, 4) is 5.69 Å². The Labute approximate surface area is 109 Å². The van der Waals surface area contributed by atoms with E-state index in [9.17, 15) is 9.18 Å². The number of fused-ring (bicyclic) bond motifs is 1. The first-order valence-corrected chi connectivity index (χ1v) is 6.04. The van der Waals surface area contributed by atoms with E-state index in [4.69, 9.17) is 5.73 Å². The monoisotopic (exact) mass is 260 g/mol. The van der Waals surface area contributed by atoms with Crippen LogP contribution in [0.2, 0.25) is 0 Å². The minimum absolute atomic E-state index is 0.284. The summed E-state index contributed by atoms with van der Waals surface area (Å²) < 4.78 is 14.6. The minimum Gasteiger partial charge on any atom is -0.364 e. The number of hydrogen-bond acceptors (Lipinski definition) is 3. The SMILES string of the molecule is NC(=O)c1nn(-c2ccc(F)cc2)c2c1CNCC2. The van der Waals surface area contributed by atoms with Crippen LogP contribution in [0.3, 0.4) is 0 Å². The number of nitrogens with one attached hydrogen (secondary N) is 1. The van der Waals surface area contributed by atoms with Crippen LogP contribution in [0.1, 0.15) is 21.7 Å². The molecule has 2 heterocycles. The van der Waals surface area contributed by atoms with Crippen LogP contribution in [0.15, 0.2) is 24.3 Å². The number of halogens is 1. The van der Waals surface area contributed by atoms with Crippen LogP contribution in [0.25, 0.3) is 5.69 Å². The predicted molar refractivity (Wildman–Crippen MR) is 67.5 cm³/mol. The topological polar surface area (TPSA) is 72.9 Å². The number of nitrogens with zero attached hydrogens (tertiary/aromatic N) is 2. The summed E-state index contributed by atoms with van der Waals surface area (Å²) in [5.41, 5.74) is 8.16. The number of aromatic nitrogens is 2. The van der Waals surface area contributed by atoms with Gasteiger partial charge in [-0.2, -0.15) is 5.10 Å². The molecule has 0 aliphatic carbocycles. The van der Waals surface area contributed by atoms with Crippen LogP contribution < -0.4 is 11.1 Å². The number of primary amides is 1. The van der Waals surface area contributed by atoms with Crippen LogP contribution in [-0.2, 0) is 13.0 Å². The van der Waals surface area contributed by atoms with Crippen molar-refractivity contribution in [1.82, 2.24) is 15.1 Å². The molecule has 1 aliphatic heterocycles. The molecule has 6 heteroatoms. The van der Waals surface area contributed by atoms with Gasteiger partial charge in [0.1, 0.15) is 5.82 Å². The highest BCUT2D eigenvalue weighted by Crippen LogP contribution is 2.22. The number of nitrogens with two attached hydrogens (primary N) is 1. The summed E-state index contributed by atoms with van der Waals surface area (Å²) in [4.78, 5) is 11.4. The molecular formula is C13H13FN4O. The molecule has 0 bridgehead atoms. The lowest BCUT2D eigenvalue weighted by molar-refractivity contribution is 0.0994. The molecule has 1 aliphatic rings. The van der Waals surface area contributed by atoms with Crippen LogP contribution in [-0.4, -0.2) is 22.2 Å². The predicted octanol–water partition coefficient (Wildman–Crippen LogP) is 0.756. The van der Waals surface area contributed by atoms with Crippen molar-refractivity contribution < 1.29 is 9.18 Å². The normalized spacial score (nSPS) is 14.2. The van der Waals surface area contributed by atoms with Gasteiger partial charge in [-0.15, -0.1) is 0 Å². The molecule has 1 amide bonds. The highest BCUT2D eigenvalue weighted by molar-refractivity contribution is 5.92. The molecule has 0 radical (unpaired) electrons. The average Bonchev–Trinajstić information content (AvgIpc) is 2.79. The highest BCUT2D eigenvalue weighted by atomic mass is 19.1. The Morgan fingerprint density at radius 1 is 1.37 bits per heavy atom. The maximum Gasteiger partial charge on any atom is 0.269 e. The van der Waals surface area contributed by atoms with Gasteiger partial charge in [0, 0.05) is 25.1 Å². The molecular weight excluding hydrogens is 247 g/mol. The molecule has 1 aromatic heterocycles. The van der Waals surface area contributed by atoms with E-state index in [1.807, 2.05) is 0 Å². The largest absolute Gasteiger partial charge is 0.364 e. The molecule has 3 N–H and O–H groups in total. The summed E-state index contributed by atoms with van der Waals surface area (Å²) >= 11 is 0. The van der Waals surface area contributed by atoms with Gasteiger partial charge in [-0.25, -0.2) is 9.07 Å².